The van der Waals surface area contributed by atoms with Crippen LogP contribution in [-0.4, -0.2) is 29.3 Å². The van der Waals surface area contributed by atoms with Crippen molar-refractivity contribution in [3.63, 3.8) is 0 Å². The number of furan rings is 1. The molecule has 1 aliphatic heterocycles. The molecular formula is C17H19N2O3+. The highest BCUT2D eigenvalue weighted by atomic mass is 16.3. The van der Waals surface area contributed by atoms with Crippen LogP contribution in [-0.2, 0) is 22.6 Å². The third-order valence-corrected chi connectivity index (χ3v) is 3.93. The molecule has 0 unspecified atom stereocenters. The highest BCUT2D eigenvalue weighted by Gasteiger charge is 2.40. The summed E-state index contributed by atoms with van der Waals surface area (Å²) in [5.41, 5.74) is 1.13. The van der Waals surface area contributed by atoms with E-state index in [1.165, 1.54) is 4.90 Å². The number of imide groups is 1. The molecule has 1 aliphatic rings. The molecule has 0 aliphatic carbocycles. The molecule has 114 valence electrons. The lowest BCUT2D eigenvalue weighted by Crippen LogP contribution is -2.90. The number of nitrogens with two attached hydrogens (primary N) is 1. The van der Waals surface area contributed by atoms with Crippen LogP contribution in [0.4, 0.5) is 0 Å². The first kappa shape index (κ1) is 14.5. The Bertz CT molecular complexity index is 637. The van der Waals surface area contributed by atoms with E-state index < -0.39 is 0 Å². The number of hydrogen-bond donors (Lipinski definition) is 1. The second-order valence-corrected chi connectivity index (χ2v) is 5.45. The van der Waals surface area contributed by atoms with Gasteiger partial charge in [0.1, 0.15) is 6.54 Å². The molecule has 2 aromatic rings. The average Bonchev–Trinajstić information content (AvgIpc) is 3.14. The summed E-state index contributed by atoms with van der Waals surface area (Å²) in [7, 11) is 0. The van der Waals surface area contributed by atoms with Crippen LogP contribution < -0.4 is 5.32 Å². The lowest BCUT2D eigenvalue weighted by atomic mass is 10.1. The molecule has 5 heteroatoms. The average molecular weight is 299 g/mol. The summed E-state index contributed by atoms with van der Waals surface area (Å²) in [6, 6.07) is 13.2. The van der Waals surface area contributed by atoms with Gasteiger partial charge in [0.05, 0.1) is 12.7 Å². The maximum atomic E-state index is 12.3. The first-order chi connectivity index (χ1) is 10.7. The maximum Gasteiger partial charge on any atom is 0.287 e. The van der Waals surface area contributed by atoms with Gasteiger partial charge in [-0.25, -0.2) is 0 Å². The highest BCUT2D eigenvalue weighted by Crippen LogP contribution is 2.12. The summed E-state index contributed by atoms with van der Waals surface area (Å²) in [6.45, 7) is 1.02. The van der Waals surface area contributed by atoms with E-state index in [9.17, 15) is 9.59 Å². The van der Waals surface area contributed by atoms with Crippen molar-refractivity contribution in [3.8, 4) is 0 Å². The molecule has 1 aromatic carbocycles. The van der Waals surface area contributed by atoms with Crippen molar-refractivity contribution in [3.05, 3.63) is 60.1 Å². The van der Waals surface area contributed by atoms with Crippen molar-refractivity contribution in [1.82, 2.24) is 4.90 Å². The van der Waals surface area contributed by atoms with Crippen LogP contribution in [0.15, 0.2) is 53.1 Å². The fourth-order valence-corrected chi connectivity index (χ4v) is 2.70. The van der Waals surface area contributed by atoms with Gasteiger partial charge in [-0.2, -0.15) is 0 Å². The van der Waals surface area contributed by atoms with E-state index in [2.05, 4.69) is 0 Å². The first-order valence-corrected chi connectivity index (χ1v) is 7.48. The minimum Gasteiger partial charge on any atom is -0.463 e. The van der Waals surface area contributed by atoms with Crippen LogP contribution in [0.3, 0.4) is 0 Å². The van der Waals surface area contributed by atoms with Gasteiger partial charge in [0.25, 0.3) is 5.91 Å². The molecule has 1 aromatic heterocycles. The van der Waals surface area contributed by atoms with Crippen molar-refractivity contribution in [2.75, 3.05) is 6.54 Å². The SMILES string of the molecule is O=C1C[C@H]([NH2+]Cc2ccco2)C(=O)N1CCc1ccccc1. The van der Waals surface area contributed by atoms with Gasteiger partial charge >= 0.3 is 0 Å². The summed E-state index contributed by atoms with van der Waals surface area (Å²) < 4.78 is 5.25. The Kier molecular flexibility index (Phi) is 4.34. The number of benzene rings is 1. The second-order valence-electron chi connectivity index (χ2n) is 5.45. The largest absolute Gasteiger partial charge is 0.463 e. The van der Waals surface area contributed by atoms with Crippen LogP contribution in [0.25, 0.3) is 0 Å². The molecule has 2 N–H and O–H groups in total. The van der Waals surface area contributed by atoms with E-state index in [-0.39, 0.29) is 24.3 Å². The van der Waals surface area contributed by atoms with Crippen molar-refractivity contribution >= 4 is 11.8 Å². The molecule has 1 fully saturated rings. The number of amides is 2. The molecule has 0 radical (unpaired) electrons. The van der Waals surface area contributed by atoms with Crippen LogP contribution >= 0.6 is 0 Å². The van der Waals surface area contributed by atoms with Gasteiger partial charge in [-0.1, -0.05) is 30.3 Å². The molecule has 5 nitrogen and oxygen atoms in total. The molecule has 3 rings (SSSR count). The lowest BCUT2D eigenvalue weighted by molar-refractivity contribution is -0.691. The molecule has 0 saturated carbocycles. The zero-order valence-electron chi connectivity index (χ0n) is 12.3. The Morgan fingerprint density at radius 3 is 2.68 bits per heavy atom. The number of carbonyl (C=O) groups excluding carboxylic acids is 2. The number of rotatable bonds is 6. The predicted molar refractivity (Wildman–Crippen MR) is 79.6 cm³/mol. The number of nitrogens with zero attached hydrogens (tertiary/aromatic N) is 1. The van der Waals surface area contributed by atoms with E-state index in [0.717, 1.165) is 11.3 Å². The second kappa shape index (κ2) is 6.58. The Balaban J connectivity index is 1.54. The van der Waals surface area contributed by atoms with Crippen molar-refractivity contribution in [1.29, 1.82) is 0 Å². The topological polar surface area (TPSA) is 67.1 Å². The highest BCUT2D eigenvalue weighted by molar-refractivity contribution is 6.04. The zero-order chi connectivity index (χ0) is 15.4. The van der Waals surface area contributed by atoms with Crippen LogP contribution in [0, 0.1) is 0 Å². The van der Waals surface area contributed by atoms with E-state index >= 15 is 0 Å². The van der Waals surface area contributed by atoms with E-state index in [0.29, 0.717) is 19.5 Å². The smallest absolute Gasteiger partial charge is 0.287 e. The standard InChI is InChI=1S/C17H18N2O3/c20-16-11-15(18-12-14-7-4-10-22-14)17(21)19(16)9-8-13-5-2-1-3-6-13/h1-7,10,15,18H,8-9,11-12H2/p+1/t15-/m0/s1. The lowest BCUT2D eigenvalue weighted by Gasteiger charge is -2.13. The van der Waals surface area contributed by atoms with Crippen LogP contribution in [0.2, 0.25) is 0 Å². The molecule has 2 heterocycles. The summed E-state index contributed by atoms with van der Waals surface area (Å²) >= 11 is 0. The van der Waals surface area contributed by atoms with Crippen LogP contribution in [0.5, 0.6) is 0 Å². The van der Waals surface area contributed by atoms with Gasteiger partial charge in [-0.05, 0) is 24.1 Å². The predicted octanol–water partition coefficient (Wildman–Crippen LogP) is 0.713. The van der Waals surface area contributed by atoms with Gasteiger partial charge in [0.2, 0.25) is 5.91 Å². The van der Waals surface area contributed by atoms with Gasteiger partial charge in [-0.15, -0.1) is 0 Å². The zero-order valence-corrected chi connectivity index (χ0v) is 12.3. The van der Waals surface area contributed by atoms with Gasteiger partial charge in [0.15, 0.2) is 11.8 Å². The molecule has 1 saturated heterocycles. The number of hydrogen-bond acceptors (Lipinski definition) is 3. The molecular weight excluding hydrogens is 280 g/mol. The Morgan fingerprint density at radius 1 is 1.14 bits per heavy atom. The number of likely N-dealkylation sites (tertiary alicyclic amines) is 1. The van der Waals surface area contributed by atoms with E-state index in [1.54, 1.807) is 6.26 Å². The third-order valence-electron chi connectivity index (χ3n) is 3.93. The minimum absolute atomic E-state index is 0.0818. The van der Waals surface area contributed by atoms with Crippen LogP contribution in [0.1, 0.15) is 17.7 Å². The van der Waals surface area contributed by atoms with E-state index in [4.69, 9.17) is 4.42 Å². The van der Waals surface area contributed by atoms with E-state index in [1.807, 2.05) is 47.8 Å². The molecule has 22 heavy (non-hydrogen) atoms. The molecule has 1 atom stereocenters. The van der Waals surface area contributed by atoms with Crippen molar-refractivity contribution < 1.29 is 19.3 Å². The maximum absolute atomic E-state index is 12.3. The fourth-order valence-electron chi connectivity index (χ4n) is 2.70. The molecule has 0 bridgehead atoms. The van der Waals surface area contributed by atoms with Crippen molar-refractivity contribution in [2.24, 2.45) is 0 Å². The third kappa shape index (κ3) is 3.26. The molecule has 2 amide bonds. The summed E-state index contributed by atoms with van der Waals surface area (Å²) in [5, 5.41) is 1.88. The Hall–Kier alpha value is -2.40. The minimum atomic E-state index is -0.326. The summed E-state index contributed by atoms with van der Waals surface area (Å²) in [6.07, 6.45) is 2.58. The molecule has 0 spiro atoms. The Labute approximate surface area is 128 Å². The number of carbonyl (C=O) groups is 2. The fraction of sp³-hybridized carbons (Fsp3) is 0.294. The summed E-state index contributed by atoms with van der Waals surface area (Å²) in [4.78, 5) is 25.8. The normalized spacial score (nSPS) is 18.2. The quantitative estimate of drug-likeness (QED) is 0.799. The Morgan fingerprint density at radius 2 is 1.95 bits per heavy atom. The summed E-state index contributed by atoms with van der Waals surface area (Å²) in [5.74, 6) is 0.636. The van der Waals surface area contributed by atoms with Crippen molar-refractivity contribution in [2.45, 2.75) is 25.4 Å². The van der Waals surface area contributed by atoms with Gasteiger partial charge in [0, 0.05) is 6.54 Å². The van der Waals surface area contributed by atoms with Gasteiger partial charge in [-0.3, -0.25) is 14.5 Å². The monoisotopic (exact) mass is 299 g/mol. The first-order valence-electron chi connectivity index (χ1n) is 7.48. The number of quaternary nitrogens is 1. The van der Waals surface area contributed by atoms with Gasteiger partial charge < -0.3 is 9.73 Å².